The van der Waals surface area contributed by atoms with Crippen LogP contribution in [0.2, 0.25) is 0 Å². The van der Waals surface area contributed by atoms with Crippen LogP contribution in [0.1, 0.15) is 0 Å². The van der Waals surface area contributed by atoms with Crippen molar-refractivity contribution in [2.24, 2.45) is 0 Å². The van der Waals surface area contributed by atoms with Crippen molar-refractivity contribution in [3.8, 4) is 50.5 Å². The Morgan fingerprint density at radius 2 is 0.945 bits per heavy atom. The van der Waals surface area contributed by atoms with Crippen molar-refractivity contribution >= 4 is 54.1 Å². The maximum atomic E-state index is 5.27. The lowest BCUT2D eigenvalue weighted by Gasteiger charge is -2.18. The molecule has 55 heavy (non-hydrogen) atoms. The fraction of sp³-hybridized carbons (Fsp3) is 0. The summed E-state index contributed by atoms with van der Waals surface area (Å²) in [6.07, 6.45) is 7.47. The van der Waals surface area contributed by atoms with Crippen molar-refractivity contribution in [2.75, 3.05) is 0 Å². The van der Waals surface area contributed by atoms with Crippen molar-refractivity contribution in [1.82, 2.24) is 19.5 Å². The van der Waals surface area contributed by atoms with Crippen LogP contribution in [0.5, 0.6) is 0 Å². The maximum Gasteiger partial charge on any atom is 0.138 e. The predicted molar refractivity (Wildman–Crippen MR) is 228 cm³/mol. The molecule has 256 valence electrons. The number of nitrogens with zero attached hydrogens (tertiary/aromatic N) is 4. The molecule has 4 nitrogen and oxygen atoms in total. The van der Waals surface area contributed by atoms with E-state index in [1.165, 1.54) is 54.6 Å². The van der Waals surface area contributed by atoms with Gasteiger partial charge in [0, 0.05) is 41.1 Å². The lowest BCUT2D eigenvalue weighted by atomic mass is 9.85. The number of aromatic nitrogens is 4. The van der Waals surface area contributed by atoms with Crippen LogP contribution in [-0.4, -0.2) is 19.5 Å². The van der Waals surface area contributed by atoms with E-state index >= 15 is 0 Å². The van der Waals surface area contributed by atoms with Gasteiger partial charge in [-0.05, 0) is 114 Å². The average molecular weight is 701 g/mol. The first-order chi connectivity index (χ1) is 27.3. The molecule has 11 rings (SSSR count). The predicted octanol–water partition coefficient (Wildman–Crippen LogP) is 13.1. The van der Waals surface area contributed by atoms with Gasteiger partial charge in [-0.1, -0.05) is 121 Å². The zero-order chi connectivity index (χ0) is 36.3. The van der Waals surface area contributed by atoms with Gasteiger partial charge in [-0.2, -0.15) is 0 Å². The second-order valence-electron chi connectivity index (χ2n) is 14.1. The fourth-order valence-electron chi connectivity index (χ4n) is 8.45. The van der Waals surface area contributed by atoms with Crippen LogP contribution in [0.25, 0.3) is 105 Å². The largest absolute Gasteiger partial charge is 0.294 e. The summed E-state index contributed by atoms with van der Waals surface area (Å²) in [5, 5.41) is 9.71. The van der Waals surface area contributed by atoms with Crippen LogP contribution in [0.4, 0.5) is 0 Å². The normalized spacial score (nSPS) is 11.6. The van der Waals surface area contributed by atoms with Crippen LogP contribution in [0, 0.1) is 0 Å². The third-order valence-electron chi connectivity index (χ3n) is 11.0. The summed E-state index contributed by atoms with van der Waals surface area (Å²) in [4.78, 5) is 14.0. The minimum Gasteiger partial charge on any atom is -0.294 e. The van der Waals surface area contributed by atoms with Gasteiger partial charge in [0.2, 0.25) is 0 Å². The summed E-state index contributed by atoms with van der Waals surface area (Å²) in [5.41, 5.74) is 11.3. The van der Waals surface area contributed by atoms with E-state index in [1.807, 2.05) is 36.9 Å². The molecule has 0 fully saturated rings. The van der Waals surface area contributed by atoms with E-state index in [-0.39, 0.29) is 0 Å². The lowest BCUT2D eigenvalue weighted by molar-refractivity contribution is 1.08. The van der Waals surface area contributed by atoms with E-state index in [2.05, 4.69) is 172 Å². The van der Waals surface area contributed by atoms with E-state index < -0.39 is 0 Å². The molecule has 0 spiro atoms. The van der Waals surface area contributed by atoms with Crippen molar-refractivity contribution in [3.05, 3.63) is 195 Å². The smallest absolute Gasteiger partial charge is 0.138 e. The minimum absolute atomic E-state index is 0.866. The Bertz CT molecular complexity index is 3200. The highest BCUT2D eigenvalue weighted by molar-refractivity contribution is 6.21. The Balaban J connectivity index is 1.02. The first-order valence-corrected chi connectivity index (χ1v) is 18.6. The molecular formula is C51H32N4. The summed E-state index contributed by atoms with van der Waals surface area (Å²) < 4.78 is 2.25. The molecule has 0 radical (unpaired) electrons. The summed E-state index contributed by atoms with van der Waals surface area (Å²) in [5.74, 6) is 0.866. The first kappa shape index (κ1) is 31.1. The van der Waals surface area contributed by atoms with Gasteiger partial charge in [-0.25, -0.2) is 4.98 Å². The molecule has 0 bridgehead atoms. The van der Waals surface area contributed by atoms with E-state index in [4.69, 9.17) is 4.98 Å². The van der Waals surface area contributed by atoms with E-state index in [0.29, 0.717) is 0 Å². The van der Waals surface area contributed by atoms with Gasteiger partial charge in [0.1, 0.15) is 5.82 Å². The van der Waals surface area contributed by atoms with E-state index in [0.717, 1.165) is 50.0 Å². The summed E-state index contributed by atoms with van der Waals surface area (Å²) in [6, 6.07) is 61.1. The molecule has 4 heterocycles. The number of rotatable bonds is 5. The van der Waals surface area contributed by atoms with E-state index in [9.17, 15) is 0 Å². The Labute approximate surface area is 317 Å². The van der Waals surface area contributed by atoms with Gasteiger partial charge in [0.05, 0.1) is 16.7 Å². The molecule has 0 N–H and O–H groups in total. The van der Waals surface area contributed by atoms with Crippen LogP contribution in [0.15, 0.2) is 195 Å². The monoisotopic (exact) mass is 700 g/mol. The van der Waals surface area contributed by atoms with Crippen LogP contribution in [0.3, 0.4) is 0 Å². The molecule has 0 amide bonds. The van der Waals surface area contributed by atoms with Crippen LogP contribution < -0.4 is 0 Å². The highest BCUT2D eigenvalue weighted by atomic mass is 15.1. The molecule has 0 atom stereocenters. The molecular weight excluding hydrogens is 669 g/mol. The highest BCUT2D eigenvalue weighted by Gasteiger charge is 2.18. The molecule has 0 unspecified atom stereocenters. The van der Waals surface area contributed by atoms with Crippen molar-refractivity contribution in [3.63, 3.8) is 0 Å². The van der Waals surface area contributed by atoms with Crippen molar-refractivity contribution < 1.29 is 0 Å². The molecule has 0 saturated heterocycles. The fourth-order valence-corrected chi connectivity index (χ4v) is 8.45. The summed E-state index contributed by atoms with van der Waals surface area (Å²) in [7, 11) is 0. The third-order valence-corrected chi connectivity index (χ3v) is 11.0. The van der Waals surface area contributed by atoms with Gasteiger partial charge >= 0.3 is 0 Å². The Morgan fingerprint density at radius 1 is 0.345 bits per heavy atom. The second kappa shape index (κ2) is 12.6. The number of benzene rings is 7. The standard InChI is InChI=1S/C51H32N4/c1-2-9-37-30-39(21-16-33(37)8-1)51-42-12-5-3-10-40(42)50(41-11-4-6-13-43(41)51)36-19-17-35(18-20-36)46-14-7-15-49(54-46)55-47-23-22-38(34-24-27-52-28-25-34)31-44(47)45-32-53-29-26-48(45)55/h1-32H. The molecule has 0 aliphatic heterocycles. The zero-order valence-electron chi connectivity index (χ0n) is 29.8. The van der Waals surface area contributed by atoms with Gasteiger partial charge in [-0.3, -0.25) is 14.5 Å². The maximum absolute atomic E-state index is 5.27. The Morgan fingerprint density at radius 3 is 1.69 bits per heavy atom. The lowest BCUT2D eigenvalue weighted by Crippen LogP contribution is -1.98. The zero-order valence-corrected chi connectivity index (χ0v) is 29.8. The minimum atomic E-state index is 0.866. The highest BCUT2D eigenvalue weighted by Crippen LogP contribution is 2.44. The van der Waals surface area contributed by atoms with Gasteiger partial charge < -0.3 is 0 Å². The number of fused-ring (bicyclic) bond motifs is 6. The van der Waals surface area contributed by atoms with Gasteiger partial charge in [-0.15, -0.1) is 0 Å². The van der Waals surface area contributed by atoms with Crippen LogP contribution >= 0.6 is 0 Å². The Kier molecular flexibility index (Phi) is 7.14. The molecule has 0 aliphatic carbocycles. The summed E-state index contributed by atoms with van der Waals surface area (Å²) in [6.45, 7) is 0. The number of hydrogen-bond donors (Lipinski definition) is 0. The molecule has 0 saturated carbocycles. The topological polar surface area (TPSA) is 43.6 Å². The number of hydrogen-bond acceptors (Lipinski definition) is 3. The van der Waals surface area contributed by atoms with Gasteiger partial charge in [0.25, 0.3) is 0 Å². The van der Waals surface area contributed by atoms with Crippen LogP contribution in [-0.2, 0) is 0 Å². The van der Waals surface area contributed by atoms with Gasteiger partial charge in [0.15, 0.2) is 0 Å². The molecule has 4 aromatic heterocycles. The van der Waals surface area contributed by atoms with Crippen molar-refractivity contribution in [1.29, 1.82) is 0 Å². The molecule has 7 aromatic carbocycles. The first-order valence-electron chi connectivity index (χ1n) is 18.6. The molecule has 11 aromatic rings. The van der Waals surface area contributed by atoms with Crippen molar-refractivity contribution in [2.45, 2.75) is 0 Å². The average Bonchev–Trinajstić information content (AvgIpc) is 3.59. The third kappa shape index (κ3) is 5.11. The SMILES string of the molecule is c1cc(-c2ccc(-c3c4ccccc4c(-c4ccc5ccccc5c4)c4ccccc34)cc2)nc(-n2c3ccncc3c3cc(-c4ccncc4)ccc32)c1. The second-order valence-corrected chi connectivity index (χ2v) is 14.1. The van der Waals surface area contributed by atoms with E-state index in [1.54, 1.807) is 0 Å². The quantitative estimate of drug-likeness (QED) is 0.168. The number of pyridine rings is 3. The summed E-state index contributed by atoms with van der Waals surface area (Å²) >= 11 is 0. The molecule has 4 heteroatoms. The Hall–Kier alpha value is -7.43. The molecule has 0 aliphatic rings.